The summed E-state index contributed by atoms with van der Waals surface area (Å²) in [5.41, 5.74) is 0.0441. The number of pyridine rings is 1. The zero-order valence-corrected chi connectivity index (χ0v) is 39.7. The van der Waals surface area contributed by atoms with E-state index in [2.05, 4.69) is 34.9 Å². The van der Waals surface area contributed by atoms with E-state index in [1.165, 1.54) is 4.90 Å². The van der Waals surface area contributed by atoms with Gasteiger partial charge in [0.15, 0.2) is 0 Å². The Hall–Kier alpha value is -4.97. The average Bonchev–Trinajstić information content (AvgIpc) is 4.28. The Balaban J connectivity index is 0.00000198. The van der Waals surface area contributed by atoms with Gasteiger partial charge in [-0.2, -0.15) is 0 Å². The number of nitrogens with zero attached hydrogens (tertiary/aromatic N) is 2. The molecular weight excluding hydrogens is 881 g/mol. The Morgan fingerprint density at radius 1 is 1.01 bits per heavy atom. The van der Waals surface area contributed by atoms with Crippen molar-refractivity contribution in [3.05, 3.63) is 42.5 Å². The van der Waals surface area contributed by atoms with Crippen LogP contribution in [0.2, 0.25) is 0 Å². The summed E-state index contributed by atoms with van der Waals surface area (Å²) in [5, 5.41) is 15.1. The van der Waals surface area contributed by atoms with E-state index in [0.717, 1.165) is 119 Å². The second-order valence-electron chi connectivity index (χ2n) is 20.2. The lowest BCUT2D eigenvalue weighted by molar-refractivity contribution is -0.904. The molecule has 2 aromatic rings. The molecule has 0 radical (unpaired) electrons. The van der Waals surface area contributed by atoms with E-state index < -0.39 is 74.7 Å². The van der Waals surface area contributed by atoms with Crippen molar-refractivity contribution in [1.29, 1.82) is 0 Å². The third kappa shape index (κ3) is 10.7. The number of ether oxygens (including phenoxy) is 3. The first-order valence-electron chi connectivity index (χ1n) is 24.7. The monoisotopic (exact) mass is 948 g/mol. The van der Waals surface area contributed by atoms with Crippen LogP contribution in [0.4, 0.5) is 4.79 Å². The van der Waals surface area contributed by atoms with E-state index in [-0.39, 0.29) is 43.4 Å². The first-order chi connectivity index (χ1) is 32.2. The fourth-order valence-corrected chi connectivity index (χ4v) is 12.1. The highest BCUT2D eigenvalue weighted by Gasteiger charge is 2.63. The Morgan fingerprint density at radius 3 is 2.37 bits per heavy atom. The van der Waals surface area contributed by atoms with Crippen molar-refractivity contribution >= 4 is 51.2 Å². The number of hydrogen-bond acceptors (Lipinski definition) is 12. The summed E-state index contributed by atoms with van der Waals surface area (Å²) in [5.74, 6) is -1.07. The number of alkyl carbamates (subject to hydrolysis) is 1. The van der Waals surface area contributed by atoms with Crippen molar-refractivity contribution in [3.63, 3.8) is 0 Å². The van der Waals surface area contributed by atoms with Crippen LogP contribution in [-0.4, -0.2) is 115 Å². The third-order valence-electron chi connectivity index (χ3n) is 15.6. The number of carbonyl (C=O) groups excluding carboxylic acids is 5. The quantitative estimate of drug-likeness (QED) is 0.199. The summed E-state index contributed by atoms with van der Waals surface area (Å²) in [4.78, 5) is 73.9. The summed E-state index contributed by atoms with van der Waals surface area (Å²) >= 11 is 0. The van der Waals surface area contributed by atoms with Crippen LogP contribution < -0.4 is 34.8 Å². The predicted molar refractivity (Wildman–Crippen MR) is 245 cm³/mol. The number of quaternary nitrogens is 1. The third-order valence-corrected chi connectivity index (χ3v) is 17.8. The summed E-state index contributed by atoms with van der Waals surface area (Å²) in [6.07, 6.45) is 12.5. The SMILES string of the molecule is C=C[C@@H]1C[C@]1(NC(=O)[C@@H]1C[C@@H]2CN1C(=O)[C@H](C1CCCCC1)NC(=O)O[C@@H]1C[C@H]1CCCCCc1c(nc3ccccc3c1OC1CC[NH+](CC)CC1)O2)C(=O)NS(=O)(=O)C1(C)CC1.O=C[O-]. The number of hydrogen-bond donors (Lipinski definition) is 4. The number of sulfonamides is 1. The highest BCUT2D eigenvalue weighted by atomic mass is 32.2. The second kappa shape index (κ2) is 20.3. The van der Waals surface area contributed by atoms with Crippen molar-refractivity contribution in [2.75, 3.05) is 26.2 Å². The molecule has 7 atom stereocenters. The van der Waals surface area contributed by atoms with Crippen molar-refractivity contribution in [3.8, 4) is 11.6 Å². The largest absolute Gasteiger partial charge is 0.554 e. The molecule has 4 aliphatic carbocycles. The number of aromatic nitrogens is 1. The number of amides is 4. The highest BCUT2D eigenvalue weighted by Crippen LogP contribution is 2.48. The first-order valence-corrected chi connectivity index (χ1v) is 26.1. The predicted octanol–water partition coefficient (Wildman–Crippen LogP) is 2.63. The van der Waals surface area contributed by atoms with Crippen LogP contribution in [0.1, 0.15) is 122 Å². The van der Waals surface area contributed by atoms with Gasteiger partial charge in [-0.05, 0) is 95.6 Å². The number of nitrogens with one attached hydrogen (secondary N) is 4. The molecule has 0 unspecified atom stereocenters. The number of piperidine rings is 1. The first kappa shape index (κ1) is 48.5. The molecule has 17 nitrogen and oxygen atoms in total. The molecule has 3 aliphatic heterocycles. The van der Waals surface area contributed by atoms with E-state index in [0.29, 0.717) is 25.1 Å². The maximum Gasteiger partial charge on any atom is 0.408 e. The minimum absolute atomic E-state index is 0.0147. The lowest BCUT2D eigenvalue weighted by Crippen LogP contribution is -3.13. The fraction of sp³-hybridized carbons (Fsp3) is 0.673. The number of fused-ring (bicyclic) bond motifs is 5. The highest BCUT2D eigenvalue weighted by molar-refractivity contribution is 7.91. The van der Waals surface area contributed by atoms with E-state index >= 15 is 4.79 Å². The van der Waals surface area contributed by atoms with Crippen molar-refractivity contribution in [2.45, 2.75) is 164 Å². The number of carbonyl (C=O) groups is 5. The van der Waals surface area contributed by atoms with Crippen LogP contribution in [0.25, 0.3) is 10.9 Å². The Morgan fingerprint density at radius 2 is 1.70 bits per heavy atom. The summed E-state index contributed by atoms with van der Waals surface area (Å²) in [7, 11) is -4.01. The minimum atomic E-state index is -4.01. The molecule has 4 saturated carbocycles. The molecule has 1 aromatic carbocycles. The van der Waals surface area contributed by atoms with Crippen LogP contribution in [0.3, 0.4) is 0 Å². The molecule has 0 spiro atoms. The Labute approximate surface area is 393 Å². The molecule has 9 rings (SSSR count). The molecule has 7 aliphatic rings. The van der Waals surface area contributed by atoms with Crippen LogP contribution in [0.5, 0.6) is 11.6 Å². The number of benzene rings is 1. The topological polar surface area (TPSA) is 227 Å². The van der Waals surface area contributed by atoms with Crippen molar-refractivity contribution < 1.29 is 56.6 Å². The van der Waals surface area contributed by atoms with Crippen molar-refractivity contribution in [1.82, 2.24) is 25.2 Å². The molecule has 4 heterocycles. The van der Waals surface area contributed by atoms with E-state index in [4.69, 9.17) is 29.1 Å². The molecule has 67 heavy (non-hydrogen) atoms. The van der Waals surface area contributed by atoms with Crippen LogP contribution in [0.15, 0.2) is 36.9 Å². The van der Waals surface area contributed by atoms with Gasteiger partial charge < -0.3 is 44.5 Å². The van der Waals surface area contributed by atoms with Gasteiger partial charge in [-0.25, -0.2) is 18.2 Å². The van der Waals surface area contributed by atoms with Gasteiger partial charge in [-0.3, -0.25) is 19.1 Å². The summed E-state index contributed by atoms with van der Waals surface area (Å²) in [6, 6.07) is 5.88. The van der Waals surface area contributed by atoms with Gasteiger partial charge in [0.25, 0.3) is 5.91 Å². The summed E-state index contributed by atoms with van der Waals surface area (Å²) in [6.45, 7) is 10.4. The lowest BCUT2D eigenvalue weighted by Gasteiger charge is -2.34. The van der Waals surface area contributed by atoms with Crippen LogP contribution >= 0.6 is 0 Å². The van der Waals surface area contributed by atoms with Gasteiger partial charge in [0, 0.05) is 37.0 Å². The van der Waals surface area contributed by atoms with Gasteiger partial charge in [0.1, 0.15) is 41.7 Å². The molecule has 2 bridgehead atoms. The standard InChI is InChI=1S/C48H66N6O9S.CH2O2/c1-4-32-28-48(32,45(57)52-64(59,60)47(3)22-23-47)51-42(55)38-27-34-29-54(38)44(56)40(30-14-8-6-9-15-30)50-46(58)63-39-26-31(39)16-10-7-11-18-36-41(61-33-20-24-53(5-2)25-21-33)35-17-12-13-19-37(35)49-43(36)62-34;2-1-3/h4,12-13,17,19,30-34,38-40H,1,5-11,14-16,18,20-29H2,2-3H3,(H,50,58)(H,51,55)(H,52,57);1H,(H,2,3)/t31-,32-,34-,38+,39-,40+,48-;/m1./s1. The average molecular weight is 949 g/mol. The van der Waals surface area contributed by atoms with Gasteiger partial charge in [-0.15, -0.1) is 6.58 Å². The zero-order chi connectivity index (χ0) is 47.5. The smallest absolute Gasteiger partial charge is 0.408 e. The molecule has 18 heteroatoms. The number of likely N-dealkylation sites (tertiary alicyclic amines) is 1. The number of carboxylic acid groups (broad SMARTS) is 1. The normalized spacial score (nSPS) is 31.8. The van der Waals surface area contributed by atoms with Gasteiger partial charge in [-0.1, -0.05) is 50.3 Å². The van der Waals surface area contributed by atoms with Gasteiger partial charge in [0.2, 0.25) is 27.7 Å². The Kier molecular flexibility index (Phi) is 14.7. The lowest BCUT2D eigenvalue weighted by atomic mass is 9.83. The van der Waals surface area contributed by atoms with Gasteiger partial charge >= 0.3 is 6.09 Å². The molecule has 6 fully saturated rings. The number of para-hydroxylation sites is 1. The van der Waals surface area contributed by atoms with Crippen LogP contribution in [0, 0.1) is 17.8 Å². The molecular formula is C49H68N6O11S. The Bertz CT molecular complexity index is 2290. The molecule has 1 aromatic heterocycles. The zero-order valence-electron chi connectivity index (χ0n) is 38.9. The van der Waals surface area contributed by atoms with Gasteiger partial charge in [0.05, 0.1) is 42.0 Å². The maximum atomic E-state index is 15.1. The van der Waals surface area contributed by atoms with E-state index in [1.54, 1.807) is 17.9 Å². The maximum absolute atomic E-state index is 15.1. The minimum Gasteiger partial charge on any atom is -0.554 e. The molecule has 366 valence electrons. The molecule has 4 N–H and O–H groups in total. The number of rotatable bonds is 10. The van der Waals surface area contributed by atoms with E-state index in [9.17, 15) is 22.8 Å². The van der Waals surface area contributed by atoms with E-state index in [1.807, 2.05) is 18.2 Å². The molecule has 4 amide bonds. The molecule has 2 saturated heterocycles. The summed E-state index contributed by atoms with van der Waals surface area (Å²) < 4.78 is 47.6. The van der Waals surface area contributed by atoms with Crippen LogP contribution in [-0.2, 0) is 40.4 Å². The second-order valence-corrected chi connectivity index (χ2v) is 22.4. The van der Waals surface area contributed by atoms with Crippen molar-refractivity contribution in [2.24, 2.45) is 17.8 Å². The fourth-order valence-electron chi connectivity index (χ4n) is 10.8.